The Balaban J connectivity index is 1.59. The molecule has 1 heterocycles. The minimum atomic E-state index is 0.0241. The smallest absolute Gasteiger partial charge is 0.310 e. The predicted octanol–water partition coefficient (Wildman–Crippen LogP) is 3.95. The predicted molar refractivity (Wildman–Crippen MR) is 93.1 cm³/mol. The normalized spacial score (nSPS) is 30.5. The van der Waals surface area contributed by atoms with E-state index in [0.29, 0.717) is 24.5 Å². The molecule has 0 aromatic carbocycles. The van der Waals surface area contributed by atoms with E-state index >= 15 is 0 Å². The highest BCUT2D eigenvalue weighted by Gasteiger charge is 2.36. The Morgan fingerprint density at radius 1 is 1.09 bits per heavy atom. The standard InChI is InChI=1S/C20H31NO2/c1-16(21-13-7-8-14-21)15-23-20(22)19(18-11-5-6-12-18)17-9-3-2-4-10-17/h3,5,9,11,16-19H,2,4,6-8,10,12-15H2,1H3/t16-,17+,18+,19-/m1/s1. The molecular formula is C20H31NO2. The lowest BCUT2D eigenvalue weighted by molar-refractivity contribution is -0.153. The second-order valence-corrected chi connectivity index (χ2v) is 7.44. The molecule has 1 fully saturated rings. The average Bonchev–Trinajstić information content (AvgIpc) is 3.27. The van der Waals surface area contributed by atoms with E-state index in [2.05, 4.69) is 36.1 Å². The molecule has 4 atom stereocenters. The minimum absolute atomic E-state index is 0.0241. The van der Waals surface area contributed by atoms with E-state index in [9.17, 15) is 4.79 Å². The number of carbonyl (C=O) groups excluding carboxylic acids is 1. The molecule has 3 rings (SSSR count). The maximum absolute atomic E-state index is 12.8. The zero-order valence-corrected chi connectivity index (χ0v) is 14.5. The van der Waals surface area contributed by atoms with Gasteiger partial charge in [0.25, 0.3) is 0 Å². The SMILES string of the molecule is C[C@H](COC(=O)[C@@H]([C@H]1C=CCC1)[C@H]1C=CCCC1)N1CCCC1. The molecule has 128 valence electrons. The zero-order chi connectivity index (χ0) is 16.1. The van der Waals surface area contributed by atoms with Crippen LogP contribution in [0.4, 0.5) is 0 Å². The van der Waals surface area contributed by atoms with Crippen LogP contribution in [0, 0.1) is 17.8 Å². The molecule has 3 nitrogen and oxygen atoms in total. The van der Waals surface area contributed by atoms with Gasteiger partial charge in [-0.3, -0.25) is 9.69 Å². The molecular weight excluding hydrogens is 286 g/mol. The highest BCUT2D eigenvalue weighted by atomic mass is 16.5. The molecule has 0 bridgehead atoms. The van der Waals surface area contributed by atoms with Gasteiger partial charge in [0.05, 0.1) is 5.92 Å². The first kappa shape index (κ1) is 16.8. The van der Waals surface area contributed by atoms with Gasteiger partial charge in [-0.1, -0.05) is 24.3 Å². The van der Waals surface area contributed by atoms with Crippen molar-refractivity contribution in [2.45, 2.75) is 57.9 Å². The van der Waals surface area contributed by atoms with Crippen LogP contribution in [0.1, 0.15) is 51.9 Å². The maximum Gasteiger partial charge on any atom is 0.310 e. The molecule has 0 aromatic heterocycles. The summed E-state index contributed by atoms with van der Waals surface area (Å²) in [5, 5.41) is 0. The van der Waals surface area contributed by atoms with Crippen molar-refractivity contribution in [3.05, 3.63) is 24.3 Å². The fourth-order valence-electron chi connectivity index (χ4n) is 4.35. The van der Waals surface area contributed by atoms with Gasteiger partial charge in [-0.2, -0.15) is 0 Å². The number of ether oxygens (including phenoxy) is 1. The van der Waals surface area contributed by atoms with Crippen molar-refractivity contribution < 1.29 is 9.53 Å². The van der Waals surface area contributed by atoms with Gasteiger partial charge in [-0.25, -0.2) is 0 Å². The number of allylic oxidation sites excluding steroid dienone is 4. The van der Waals surface area contributed by atoms with Crippen molar-refractivity contribution in [1.29, 1.82) is 0 Å². The van der Waals surface area contributed by atoms with Gasteiger partial charge in [-0.15, -0.1) is 0 Å². The molecule has 0 radical (unpaired) electrons. The van der Waals surface area contributed by atoms with Crippen LogP contribution in [0.25, 0.3) is 0 Å². The van der Waals surface area contributed by atoms with Crippen LogP contribution in [0.3, 0.4) is 0 Å². The lowest BCUT2D eigenvalue weighted by atomic mass is 9.77. The zero-order valence-electron chi connectivity index (χ0n) is 14.5. The fraction of sp³-hybridized carbons (Fsp3) is 0.750. The number of rotatable bonds is 6. The molecule has 0 saturated carbocycles. The van der Waals surface area contributed by atoms with Gasteiger partial charge < -0.3 is 4.74 Å². The second kappa shape index (κ2) is 8.14. The highest BCUT2D eigenvalue weighted by molar-refractivity contribution is 5.74. The molecule has 0 spiro atoms. The number of nitrogens with zero attached hydrogens (tertiary/aromatic N) is 1. The van der Waals surface area contributed by atoms with E-state index < -0.39 is 0 Å². The monoisotopic (exact) mass is 317 g/mol. The molecule has 23 heavy (non-hydrogen) atoms. The summed E-state index contributed by atoms with van der Waals surface area (Å²) in [6, 6.07) is 0.350. The lowest BCUT2D eigenvalue weighted by Gasteiger charge is -2.30. The van der Waals surface area contributed by atoms with E-state index in [0.717, 1.165) is 38.8 Å². The number of likely N-dealkylation sites (tertiary alicyclic amines) is 1. The van der Waals surface area contributed by atoms with E-state index in [1.807, 2.05) is 0 Å². The Hall–Kier alpha value is -1.09. The van der Waals surface area contributed by atoms with Gasteiger partial charge in [0, 0.05) is 6.04 Å². The topological polar surface area (TPSA) is 29.5 Å². The van der Waals surface area contributed by atoms with Crippen LogP contribution in [-0.2, 0) is 9.53 Å². The summed E-state index contributed by atoms with van der Waals surface area (Å²) in [5.74, 6) is 0.795. The third kappa shape index (κ3) is 4.26. The van der Waals surface area contributed by atoms with Crippen molar-refractivity contribution in [2.75, 3.05) is 19.7 Å². The van der Waals surface area contributed by atoms with Crippen molar-refractivity contribution >= 4 is 5.97 Å². The van der Waals surface area contributed by atoms with Gasteiger partial charge in [0.2, 0.25) is 0 Å². The summed E-state index contributed by atoms with van der Waals surface area (Å²) in [4.78, 5) is 15.3. The number of carbonyl (C=O) groups is 1. The van der Waals surface area contributed by atoms with Crippen molar-refractivity contribution in [1.82, 2.24) is 4.90 Å². The van der Waals surface area contributed by atoms with Crippen molar-refractivity contribution in [3.8, 4) is 0 Å². The maximum atomic E-state index is 12.8. The first-order valence-corrected chi connectivity index (χ1v) is 9.49. The molecule has 3 aliphatic rings. The quantitative estimate of drug-likeness (QED) is 0.549. The Morgan fingerprint density at radius 2 is 1.78 bits per heavy atom. The van der Waals surface area contributed by atoms with Gasteiger partial charge in [-0.05, 0) is 76.8 Å². The summed E-state index contributed by atoms with van der Waals surface area (Å²) >= 11 is 0. The Bertz CT molecular complexity index is 451. The first-order valence-electron chi connectivity index (χ1n) is 9.49. The van der Waals surface area contributed by atoms with Crippen LogP contribution >= 0.6 is 0 Å². The molecule has 1 saturated heterocycles. The molecule has 2 aliphatic carbocycles. The summed E-state index contributed by atoms with van der Waals surface area (Å²) < 4.78 is 5.80. The highest BCUT2D eigenvalue weighted by Crippen LogP contribution is 2.36. The number of hydrogen-bond acceptors (Lipinski definition) is 3. The third-order valence-electron chi connectivity index (χ3n) is 5.77. The minimum Gasteiger partial charge on any atom is -0.464 e. The largest absolute Gasteiger partial charge is 0.464 e. The summed E-state index contributed by atoms with van der Waals surface area (Å²) in [7, 11) is 0. The Labute approximate surface area is 140 Å². The molecule has 0 amide bonds. The number of esters is 1. The van der Waals surface area contributed by atoms with Crippen molar-refractivity contribution in [3.63, 3.8) is 0 Å². The van der Waals surface area contributed by atoms with Crippen LogP contribution in [-0.4, -0.2) is 36.6 Å². The van der Waals surface area contributed by atoms with E-state index in [1.165, 1.54) is 19.3 Å². The van der Waals surface area contributed by atoms with Gasteiger partial charge in [0.1, 0.15) is 6.61 Å². The first-order chi connectivity index (χ1) is 11.3. The lowest BCUT2D eigenvalue weighted by Crippen LogP contribution is -2.37. The Kier molecular flexibility index (Phi) is 5.93. The van der Waals surface area contributed by atoms with Crippen molar-refractivity contribution in [2.24, 2.45) is 17.8 Å². The molecule has 0 unspecified atom stereocenters. The Morgan fingerprint density at radius 3 is 2.43 bits per heavy atom. The van der Waals surface area contributed by atoms with E-state index in [-0.39, 0.29) is 11.9 Å². The van der Waals surface area contributed by atoms with Crippen LogP contribution in [0.2, 0.25) is 0 Å². The third-order valence-corrected chi connectivity index (χ3v) is 5.77. The van der Waals surface area contributed by atoms with E-state index in [4.69, 9.17) is 4.74 Å². The van der Waals surface area contributed by atoms with Gasteiger partial charge in [0.15, 0.2) is 0 Å². The van der Waals surface area contributed by atoms with Crippen LogP contribution in [0.5, 0.6) is 0 Å². The van der Waals surface area contributed by atoms with E-state index in [1.54, 1.807) is 0 Å². The molecule has 0 aromatic rings. The molecule has 3 heteroatoms. The molecule has 0 N–H and O–H groups in total. The number of hydrogen-bond donors (Lipinski definition) is 0. The summed E-state index contributed by atoms with van der Waals surface area (Å²) in [6.07, 6.45) is 17.2. The second-order valence-electron chi connectivity index (χ2n) is 7.44. The molecule has 1 aliphatic heterocycles. The average molecular weight is 317 g/mol. The summed E-state index contributed by atoms with van der Waals surface area (Å²) in [5.41, 5.74) is 0. The summed E-state index contributed by atoms with van der Waals surface area (Å²) in [6.45, 7) is 5.03. The van der Waals surface area contributed by atoms with Crippen LogP contribution < -0.4 is 0 Å². The van der Waals surface area contributed by atoms with Gasteiger partial charge >= 0.3 is 5.97 Å². The van der Waals surface area contributed by atoms with Crippen LogP contribution in [0.15, 0.2) is 24.3 Å². The fourth-order valence-corrected chi connectivity index (χ4v) is 4.35.